The predicted octanol–water partition coefficient (Wildman–Crippen LogP) is 4.71. The molecular weight excluding hydrogens is 574 g/mol. The number of anilines is 1. The molecule has 1 aliphatic carbocycles. The van der Waals surface area contributed by atoms with Crippen LogP contribution in [-0.2, 0) is 28.6 Å². The normalized spacial score (nSPS) is 19.7. The zero-order chi connectivity index (χ0) is 30.5. The number of rotatable bonds is 10. The second-order valence-corrected chi connectivity index (χ2v) is 10.8. The van der Waals surface area contributed by atoms with Gasteiger partial charge in [-0.25, -0.2) is 4.98 Å². The van der Waals surface area contributed by atoms with E-state index in [2.05, 4.69) is 44.5 Å². The Morgan fingerprint density at radius 1 is 0.907 bits per heavy atom. The summed E-state index contributed by atoms with van der Waals surface area (Å²) in [6.07, 6.45) is 0.191. The molecule has 224 valence electrons. The van der Waals surface area contributed by atoms with Gasteiger partial charge in [-0.3, -0.25) is 14.4 Å². The molecule has 0 spiro atoms. The molecule has 0 aliphatic heterocycles. The van der Waals surface area contributed by atoms with Crippen molar-refractivity contribution in [1.29, 1.82) is 0 Å². The summed E-state index contributed by atoms with van der Waals surface area (Å²) < 4.78 is 18.3. The summed E-state index contributed by atoms with van der Waals surface area (Å²) in [7, 11) is 0. The highest BCUT2D eigenvalue weighted by Crippen LogP contribution is 2.41. The van der Waals surface area contributed by atoms with Crippen LogP contribution in [0.1, 0.15) is 50.3 Å². The summed E-state index contributed by atoms with van der Waals surface area (Å²) in [5.74, 6) is -1.54. The molecule has 1 fully saturated rings. The fourth-order valence-electron chi connectivity index (χ4n) is 5.67. The van der Waals surface area contributed by atoms with Gasteiger partial charge in [0.15, 0.2) is 23.1 Å². The minimum absolute atomic E-state index is 0.00255. The van der Waals surface area contributed by atoms with Crippen LogP contribution < -0.4 is 5.32 Å². The first-order valence-corrected chi connectivity index (χ1v) is 14.3. The molecule has 1 N–H and O–H groups in total. The number of esters is 3. The Labute approximate surface area is 253 Å². The van der Waals surface area contributed by atoms with Crippen LogP contribution in [0.2, 0.25) is 5.28 Å². The van der Waals surface area contributed by atoms with Crippen molar-refractivity contribution in [1.82, 2.24) is 19.5 Å². The lowest BCUT2D eigenvalue weighted by Crippen LogP contribution is -2.38. The SMILES string of the molecule is CC(=O)OCC1CC(n2cnc3c(NCC(c4ccccc4)c4ccccc4)nc(Cl)nc32)C(OC(C)=O)C1OC(C)=O. The van der Waals surface area contributed by atoms with Crippen LogP contribution in [0.4, 0.5) is 5.82 Å². The van der Waals surface area contributed by atoms with Gasteiger partial charge in [0.1, 0.15) is 6.10 Å². The second-order valence-electron chi connectivity index (χ2n) is 10.4. The van der Waals surface area contributed by atoms with Gasteiger partial charge >= 0.3 is 17.9 Å². The summed E-state index contributed by atoms with van der Waals surface area (Å²) in [5, 5.41) is 3.43. The number of fused-ring (bicyclic) bond motifs is 1. The van der Waals surface area contributed by atoms with Crippen LogP contribution in [-0.4, -0.2) is 62.8 Å². The van der Waals surface area contributed by atoms with Gasteiger partial charge in [-0.2, -0.15) is 9.97 Å². The molecule has 0 radical (unpaired) electrons. The molecule has 12 heteroatoms. The maximum atomic E-state index is 12.1. The summed E-state index contributed by atoms with van der Waals surface area (Å²) in [6, 6.07) is 19.8. The first-order valence-electron chi connectivity index (χ1n) is 13.9. The maximum Gasteiger partial charge on any atom is 0.303 e. The van der Waals surface area contributed by atoms with Crippen LogP contribution >= 0.6 is 11.6 Å². The third-order valence-electron chi connectivity index (χ3n) is 7.45. The zero-order valence-electron chi connectivity index (χ0n) is 24.0. The summed E-state index contributed by atoms with van der Waals surface area (Å²) >= 11 is 6.42. The number of hydrogen-bond donors (Lipinski definition) is 1. The molecule has 2 heterocycles. The van der Waals surface area contributed by atoms with Crippen LogP contribution in [0, 0.1) is 5.92 Å². The average Bonchev–Trinajstić information content (AvgIpc) is 3.53. The number of nitrogens with zero attached hydrogens (tertiary/aromatic N) is 4. The summed E-state index contributed by atoms with van der Waals surface area (Å²) in [4.78, 5) is 49.2. The Morgan fingerprint density at radius 2 is 1.51 bits per heavy atom. The molecule has 4 unspecified atom stereocenters. The molecule has 1 aliphatic rings. The zero-order valence-corrected chi connectivity index (χ0v) is 24.7. The van der Waals surface area contributed by atoms with Gasteiger partial charge in [0.25, 0.3) is 0 Å². The molecular formula is C31H32ClN5O6. The minimum atomic E-state index is -0.884. The van der Waals surface area contributed by atoms with E-state index in [0.717, 1.165) is 11.1 Å². The van der Waals surface area contributed by atoms with Gasteiger partial charge in [-0.05, 0) is 29.1 Å². The van der Waals surface area contributed by atoms with E-state index in [1.54, 1.807) is 10.9 Å². The van der Waals surface area contributed by atoms with Crippen molar-refractivity contribution >= 4 is 46.5 Å². The molecule has 1 saturated carbocycles. The van der Waals surface area contributed by atoms with E-state index < -0.39 is 42.1 Å². The minimum Gasteiger partial charge on any atom is -0.465 e. The first-order chi connectivity index (χ1) is 20.7. The van der Waals surface area contributed by atoms with Crippen LogP contribution in [0.3, 0.4) is 0 Å². The number of benzene rings is 2. The average molecular weight is 606 g/mol. The van der Waals surface area contributed by atoms with E-state index >= 15 is 0 Å². The van der Waals surface area contributed by atoms with E-state index in [1.165, 1.54) is 20.8 Å². The van der Waals surface area contributed by atoms with Gasteiger partial charge in [-0.15, -0.1) is 0 Å². The van der Waals surface area contributed by atoms with Crippen molar-refractivity contribution < 1.29 is 28.6 Å². The Hall–Kier alpha value is -4.51. The van der Waals surface area contributed by atoms with E-state index in [9.17, 15) is 14.4 Å². The molecule has 11 nitrogen and oxygen atoms in total. The highest BCUT2D eigenvalue weighted by Gasteiger charge is 2.49. The fraction of sp³-hybridized carbons (Fsp3) is 0.355. The van der Waals surface area contributed by atoms with Crippen molar-refractivity contribution in [3.63, 3.8) is 0 Å². The lowest BCUT2D eigenvalue weighted by molar-refractivity contribution is -0.168. The second kappa shape index (κ2) is 13.2. The van der Waals surface area contributed by atoms with Crippen LogP contribution in [0.15, 0.2) is 67.0 Å². The molecule has 4 atom stereocenters. The van der Waals surface area contributed by atoms with Crippen molar-refractivity contribution in [2.75, 3.05) is 18.5 Å². The van der Waals surface area contributed by atoms with E-state index in [-0.39, 0.29) is 17.8 Å². The van der Waals surface area contributed by atoms with E-state index in [1.807, 2.05) is 36.4 Å². The number of nitrogens with one attached hydrogen (secondary N) is 1. The molecule has 5 rings (SSSR count). The van der Waals surface area contributed by atoms with Crippen LogP contribution in [0.5, 0.6) is 0 Å². The Bertz CT molecular complexity index is 1560. The predicted molar refractivity (Wildman–Crippen MR) is 158 cm³/mol. The number of carbonyl (C=O) groups is 3. The third-order valence-corrected chi connectivity index (χ3v) is 7.61. The smallest absolute Gasteiger partial charge is 0.303 e. The number of halogens is 1. The highest BCUT2D eigenvalue weighted by molar-refractivity contribution is 6.28. The monoisotopic (exact) mass is 605 g/mol. The standard InChI is InChI=1S/C31H32ClN5O6/c1-18(38)41-16-23-14-25(28(43-20(3)40)27(23)42-19(2)39)37-17-34-26-29(35-31(32)36-30(26)37)33-15-24(21-10-6-4-7-11-21)22-12-8-5-9-13-22/h4-13,17,23-25,27-28H,14-16H2,1-3H3,(H,33,35,36). The molecule has 0 amide bonds. The van der Waals surface area contributed by atoms with Gasteiger partial charge in [0.2, 0.25) is 5.28 Å². The summed E-state index contributed by atoms with van der Waals surface area (Å²) in [5.41, 5.74) is 3.15. The van der Waals surface area contributed by atoms with Gasteiger partial charge in [0.05, 0.1) is 19.0 Å². The van der Waals surface area contributed by atoms with Crippen molar-refractivity contribution in [2.24, 2.45) is 5.92 Å². The fourth-order valence-corrected chi connectivity index (χ4v) is 5.83. The maximum absolute atomic E-state index is 12.1. The molecule has 0 saturated heterocycles. The van der Waals surface area contributed by atoms with Gasteiger partial charge in [-0.1, -0.05) is 60.7 Å². The van der Waals surface area contributed by atoms with E-state index in [4.69, 9.17) is 25.8 Å². The van der Waals surface area contributed by atoms with Gasteiger partial charge in [0, 0.05) is 39.2 Å². The number of carbonyl (C=O) groups excluding carboxylic acids is 3. The number of ether oxygens (including phenoxy) is 3. The highest BCUT2D eigenvalue weighted by atomic mass is 35.5. The lowest BCUT2D eigenvalue weighted by atomic mass is 9.91. The third kappa shape index (κ3) is 6.94. The van der Waals surface area contributed by atoms with Gasteiger partial charge < -0.3 is 24.1 Å². The van der Waals surface area contributed by atoms with Crippen molar-refractivity contribution in [3.8, 4) is 0 Å². The van der Waals surface area contributed by atoms with Crippen molar-refractivity contribution in [3.05, 3.63) is 83.4 Å². The Balaban J connectivity index is 1.49. The molecule has 2 aromatic heterocycles. The molecule has 2 aromatic carbocycles. The molecule has 4 aromatic rings. The van der Waals surface area contributed by atoms with E-state index in [0.29, 0.717) is 29.9 Å². The number of imidazole rings is 1. The molecule has 43 heavy (non-hydrogen) atoms. The first kappa shape index (κ1) is 30.0. The quantitative estimate of drug-likeness (QED) is 0.154. The number of hydrogen-bond acceptors (Lipinski definition) is 10. The van der Waals surface area contributed by atoms with Crippen LogP contribution in [0.25, 0.3) is 11.2 Å². The number of aromatic nitrogens is 4. The Morgan fingerprint density at radius 3 is 2.09 bits per heavy atom. The van der Waals surface area contributed by atoms with Crippen molar-refractivity contribution in [2.45, 2.75) is 51.4 Å². The largest absolute Gasteiger partial charge is 0.465 e. The summed E-state index contributed by atoms with van der Waals surface area (Å²) in [6.45, 7) is 4.34. The lowest BCUT2D eigenvalue weighted by Gasteiger charge is -2.26. The molecule has 0 bridgehead atoms. The topological polar surface area (TPSA) is 135 Å². The Kier molecular flexibility index (Phi) is 9.20.